The minimum absolute atomic E-state index is 0.221. The standard InChI is InChI=1S/C10H19O2/c1-3-5-6-7-8-9(4-2)10(11)12/h9H,2-8H2,1H3,(H,11,12). The van der Waals surface area contributed by atoms with E-state index in [0.29, 0.717) is 6.42 Å². The molecule has 2 nitrogen and oxygen atoms in total. The quantitative estimate of drug-likeness (QED) is 0.598. The number of hydrogen-bond acceptors (Lipinski definition) is 1. The topological polar surface area (TPSA) is 37.3 Å². The first-order chi connectivity index (χ1) is 5.72. The van der Waals surface area contributed by atoms with Gasteiger partial charge in [0.25, 0.3) is 0 Å². The Morgan fingerprint density at radius 1 is 1.42 bits per heavy atom. The molecule has 0 amide bonds. The summed E-state index contributed by atoms with van der Waals surface area (Å²) in [6, 6.07) is 0. The van der Waals surface area contributed by atoms with Crippen LogP contribution in [-0.2, 0) is 4.79 Å². The SMILES string of the molecule is [CH2]CC(CCCCCC)C(=O)O. The number of hydrogen-bond donors (Lipinski definition) is 1. The first kappa shape index (κ1) is 11.5. The van der Waals surface area contributed by atoms with Gasteiger partial charge >= 0.3 is 5.97 Å². The molecule has 0 aliphatic rings. The molecule has 1 radical (unpaired) electrons. The highest BCUT2D eigenvalue weighted by atomic mass is 16.4. The van der Waals surface area contributed by atoms with E-state index < -0.39 is 5.97 Å². The van der Waals surface area contributed by atoms with Gasteiger partial charge in [-0.15, -0.1) is 0 Å². The summed E-state index contributed by atoms with van der Waals surface area (Å²) in [5, 5.41) is 8.69. The molecule has 71 valence electrons. The molecular weight excluding hydrogens is 152 g/mol. The minimum Gasteiger partial charge on any atom is -0.481 e. The number of carboxylic acids is 1. The first-order valence-corrected chi connectivity index (χ1v) is 4.74. The summed E-state index contributed by atoms with van der Waals surface area (Å²) in [6.07, 6.45) is 5.90. The fourth-order valence-electron chi connectivity index (χ4n) is 1.21. The summed E-state index contributed by atoms with van der Waals surface area (Å²) in [7, 11) is 0. The van der Waals surface area contributed by atoms with Crippen molar-refractivity contribution in [1.82, 2.24) is 0 Å². The molecule has 0 aromatic heterocycles. The molecule has 2 heteroatoms. The summed E-state index contributed by atoms with van der Waals surface area (Å²) < 4.78 is 0. The van der Waals surface area contributed by atoms with E-state index in [1.165, 1.54) is 12.8 Å². The average Bonchev–Trinajstić information content (AvgIpc) is 2.04. The number of aliphatic carboxylic acids is 1. The molecule has 0 saturated carbocycles. The highest BCUT2D eigenvalue weighted by Gasteiger charge is 2.13. The van der Waals surface area contributed by atoms with Gasteiger partial charge in [-0.3, -0.25) is 4.79 Å². The van der Waals surface area contributed by atoms with Crippen molar-refractivity contribution in [1.29, 1.82) is 0 Å². The van der Waals surface area contributed by atoms with Gasteiger partial charge < -0.3 is 5.11 Å². The fourth-order valence-corrected chi connectivity index (χ4v) is 1.21. The first-order valence-electron chi connectivity index (χ1n) is 4.74. The van der Waals surface area contributed by atoms with Gasteiger partial charge in [0.15, 0.2) is 0 Å². The lowest BCUT2D eigenvalue weighted by Gasteiger charge is -2.08. The van der Waals surface area contributed by atoms with Crippen LogP contribution < -0.4 is 0 Å². The van der Waals surface area contributed by atoms with E-state index in [-0.39, 0.29) is 5.92 Å². The minimum atomic E-state index is -0.693. The number of carbonyl (C=O) groups is 1. The molecule has 1 atom stereocenters. The highest BCUT2D eigenvalue weighted by molar-refractivity contribution is 5.69. The van der Waals surface area contributed by atoms with Crippen LogP contribution in [0.1, 0.15) is 45.4 Å². The third-order valence-corrected chi connectivity index (χ3v) is 2.10. The second kappa shape index (κ2) is 7.14. The molecule has 1 N–H and O–H groups in total. The van der Waals surface area contributed by atoms with Crippen LogP contribution in [-0.4, -0.2) is 11.1 Å². The molecule has 0 bridgehead atoms. The van der Waals surface area contributed by atoms with Crippen molar-refractivity contribution in [2.75, 3.05) is 0 Å². The molecule has 0 aliphatic carbocycles. The van der Waals surface area contributed by atoms with Gasteiger partial charge in [0.05, 0.1) is 5.92 Å². The summed E-state index contributed by atoms with van der Waals surface area (Å²) >= 11 is 0. The summed E-state index contributed by atoms with van der Waals surface area (Å²) in [5.74, 6) is -0.914. The van der Waals surface area contributed by atoms with Crippen LogP contribution in [0.4, 0.5) is 0 Å². The van der Waals surface area contributed by atoms with E-state index in [0.717, 1.165) is 19.3 Å². The molecule has 12 heavy (non-hydrogen) atoms. The van der Waals surface area contributed by atoms with Crippen LogP contribution in [0.2, 0.25) is 0 Å². The fraction of sp³-hybridized carbons (Fsp3) is 0.800. The predicted molar refractivity (Wildman–Crippen MR) is 49.9 cm³/mol. The van der Waals surface area contributed by atoms with Crippen molar-refractivity contribution in [3.63, 3.8) is 0 Å². The van der Waals surface area contributed by atoms with Crippen molar-refractivity contribution in [2.45, 2.75) is 45.4 Å². The van der Waals surface area contributed by atoms with Crippen molar-refractivity contribution >= 4 is 5.97 Å². The maximum absolute atomic E-state index is 10.6. The van der Waals surface area contributed by atoms with Gasteiger partial charge in [-0.25, -0.2) is 0 Å². The number of carboxylic acid groups (broad SMARTS) is 1. The van der Waals surface area contributed by atoms with Crippen LogP contribution in [0.5, 0.6) is 0 Å². The number of unbranched alkanes of at least 4 members (excludes halogenated alkanes) is 3. The van der Waals surface area contributed by atoms with E-state index in [2.05, 4.69) is 13.8 Å². The van der Waals surface area contributed by atoms with Crippen LogP contribution in [0.25, 0.3) is 0 Å². The lowest BCUT2D eigenvalue weighted by Crippen LogP contribution is -2.12. The van der Waals surface area contributed by atoms with Crippen LogP contribution in [0.3, 0.4) is 0 Å². The molecule has 0 saturated heterocycles. The second-order valence-electron chi connectivity index (χ2n) is 3.17. The van der Waals surface area contributed by atoms with Crippen LogP contribution in [0, 0.1) is 12.8 Å². The van der Waals surface area contributed by atoms with Crippen LogP contribution >= 0.6 is 0 Å². The number of rotatable bonds is 7. The zero-order chi connectivity index (χ0) is 9.40. The Labute approximate surface area is 75.0 Å². The maximum atomic E-state index is 10.6. The third kappa shape index (κ3) is 5.16. The van der Waals surface area contributed by atoms with Gasteiger partial charge in [-0.2, -0.15) is 0 Å². The van der Waals surface area contributed by atoms with E-state index >= 15 is 0 Å². The zero-order valence-electron chi connectivity index (χ0n) is 7.88. The van der Waals surface area contributed by atoms with E-state index in [4.69, 9.17) is 5.11 Å². The lowest BCUT2D eigenvalue weighted by molar-refractivity contribution is -0.141. The molecule has 0 rings (SSSR count). The summed E-state index contributed by atoms with van der Waals surface area (Å²) in [5.41, 5.74) is 0. The smallest absolute Gasteiger partial charge is 0.306 e. The van der Waals surface area contributed by atoms with Crippen molar-refractivity contribution in [2.24, 2.45) is 5.92 Å². The molecular formula is C10H19O2. The Bertz CT molecular complexity index is 121. The third-order valence-electron chi connectivity index (χ3n) is 2.10. The molecule has 0 fully saturated rings. The monoisotopic (exact) mass is 171 g/mol. The second-order valence-corrected chi connectivity index (χ2v) is 3.17. The Balaban J connectivity index is 3.38. The highest BCUT2D eigenvalue weighted by Crippen LogP contribution is 2.13. The van der Waals surface area contributed by atoms with Gasteiger partial charge in [0.2, 0.25) is 0 Å². The van der Waals surface area contributed by atoms with E-state index in [1.54, 1.807) is 0 Å². The Kier molecular flexibility index (Phi) is 6.82. The summed E-state index contributed by atoms with van der Waals surface area (Å²) in [4.78, 5) is 10.6. The maximum Gasteiger partial charge on any atom is 0.306 e. The summed E-state index contributed by atoms with van der Waals surface area (Å²) in [6.45, 7) is 5.77. The molecule has 0 aromatic carbocycles. The Morgan fingerprint density at radius 3 is 2.50 bits per heavy atom. The molecule has 0 heterocycles. The molecule has 0 aromatic rings. The van der Waals surface area contributed by atoms with Crippen molar-refractivity contribution in [3.8, 4) is 0 Å². The zero-order valence-corrected chi connectivity index (χ0v) is 7.88. The van der Waals surface area contributed by atoms with Crippen molar-refractivity contribution < 1.29 is 9.90 Å². The normalized spacial score (nSPS) is 12.8. The van der Waals surface area contributed by atoms with Gasteiger partial charge in [0.1, 0.15) is 0 Å². The largest absolute Gasteiger partial charge is 0.481 e. The Hall–Kier alpha value is -0.530. The van der Waals surface area contributed by atoms with E-state index in [1.807, 2.05) is 0 Å². The average molecular weight is 171 g/mol. The molecule has 1 unspecified atom stereocenters. The lowest BCUT2D eigenvalue weighted by atomic mass is 9.99. The van der Waals surface area contributed by atoms with Crippen LogP contribution in [0.15, 0.2) is 0 Å². The molecule has 0 aliphatic heterocycles. The van der Waals surface area contributed by atoms with E-state index in [9.17, 15) is 4.79 Å². The molecule has 0 spiro atoms. The predicted octanol–water partition coefficient (Wildman–Crippen LogP) is 2.88. The van der Waals surface area contributed by atoms with Crippen molar-refractivity contribution in [3.05, 3.63) is 6.92 Å². The Morgan fingerprint density at radius 2 is 2.08 bits per heavy atom. The van der Waals surface area contributed by atoms with Gasteiger partial charge in [0, 0.05) is 0 Å². The van der Waals surface area contributed by atoms with Gasteiger partial charge in [-0.05, 0) is 12.8 Å². The van der Waals surface area contributed by atoms with Gasteiger partial charge in [-0.1, -0.05) is 39.5 Å².